The summed E-state index contributed by atoms with van der Waals surface area (Å²) < 4.78 is 11.5. The minimum absolute atomic E-state index is 0.00519. The molecule has 0 spiro atoms. The van der Waals surface area contributed by atoms with Crippen molar-refractivity contribution in [2.24, 2.45) is 0 Å². The lowest BCUT2D eigenvalue weighted by atomic mass is 10.1. The zero-order valence-electron chi connectivity index (χ0n) is 15.2. The summed E-state index contributed by atoms with van der Waals surface area (Å²) in [4.78, 5) is 21.9. The van der Waals surface area contributed by atoms with Crippen molar-refractivity contribution in [3.63, 3.8) is 0 Å². The molecule has 0 aliphatic carbocycles. The first-order chi connectivity index (χ1) is 13.3. The fourth-order valence-electron chi connectivity index (χ4n) is 2.41. The van der Waals surface area contributed by atoms with Crippen molar-refractivity contribution >= 4 is 55.1 Å². The number of hydrogen-bond acceptors (Lipinski definition) is 6. The molecule has 0 saturated carbocycles. The maximum atomic E-state index is 11.5. The number of rotatable bonds is 4. The Labute approximate surface area is 178 Å². The van der Waals surface area contributed by atoms with E-state index in [1.54, 1.807) is 37.3 Å². The van der Waals surface area contributed by atoms with Gasteiger partial charge in [0.2, 0.25) is 5.76 Å². The van der Waals surface area contributed by atoms with Crippen LogP contribution in [0.5, 0.6) is 5.75 Å². The van der Waals surface area contributed by atoms with Gasteiger partial charge in [-0.2, -0.15) is 0 Å². The van der Waals surface area contributed by atoms with Gasteiger partial charge in [0.25, 0.3) is 0 Å². The van der Waals surface area contributed by atoms with E-state index in [-0.39, 0.29) is 18.1 Å². The van der Waals surface area contributed by atoms with E-state index in [9.17, 15) is 14.7 Å². The molecule has 2 N–H and O–H groups in total. The summed E-state index contributed by atoms with van der Waals surface area (Å²) in [5.74, 6) is -0.315. The molecule has 28 heavy (non-hydrogen) atoms. The Balaban J connectivity index is 0.000000221. The van der Waals surface area contributed by atoms with Gasteiger partial charge in [-0.25, -0.2) is 4.79 Å². The van der Waals surface area contributed by atoms with Crippen LogP contribution in [0.4, 0.5) is 0 Å². The second kappa shape index (κ2) is 9.86. The molecule has 0 bridgehead atoms. The lowest BCUT2D eigenvalue weighted by molar-refractivity contribution is 0.0492. The van der Waals surface area contributed by atoms with Crippen LogP contribution in [0.25, 0.3) is 11.0 Å². The predicted octanol–water partition coefficient (Wildman–Crippen LogP) is 5.14. The Morgan fingerprint density at radius 1 is 1.18 bits per heavy atom. The zero-order chi connectivity index (χ0) is 20.8. The summed E-state index contributed by atoms with van der Waals surface area (Å²) in [7, 11) is 0. The van der Waals surface area contributed by atoms with Crippen molar-refractivity contribution in [2.75, 3.05) is 6.61 Å². The number of hydrogen-bond donors (Lipinski definition) is 2. The number of ether oxygens (including phenoxy) is 1. The van der Waals surface area contributed by atoms with E-state index >= 15 is 0 Å². The maximum absolute atomic E-state index is 11.5. The number of halogens is 2. The highest BCUT2D eigenvalue weighted by Crippen LogP contribution is 2.29. The van der Waals surface area contributed by atoms with Crippen LogP contribution < -0.4 is 0 Å². The second-order valence-corrected chi connectivity index (χ2v) is 7.50. The van der Waals surface area contributed by atoms with Crippen LogP contribution in [0.3, 0.4) is 0 Å². The first kappa shape index (κ1) is 22.1. The van der Waals surface area contributed by atoms with Crippen LogP contribution >= 0.6 is 31.9 Å². The molecule has 1 heterocycles. The maximum Gasteiger partial charge on any atom is 0.374 e. The summed E-state index contributed by atoms with van der Waals surface area (Å²) in [6.07, 6.45) is 0.632. The molecule has 0 atom stereocenters. The third-order valence-electron chi connectivity index (χ3n) is 3.65. The number of aliphatic hydroxyl groups excluding tert-OH is 1. The molecule has 0 saturated heterocycles. The summed E-state index contributed by atoms with van der Waals surface area (Å²) in [6.45, 7) is 3.84. The van der Waals surface area contributed by atoms with Crippen LogP contribution in [-0.4, -0.2) is 29.1 Å². The number of fused-ring (bicyclic) bond motifs is 1. The van der Waals surface area contributed by atoms with Gasteiger partial charge in [-0.3, -0.25) is 4.79 Å². The van der Waals surface area contributed by atoms with Gasteiger partial charge >= 0.3 is 5.97 Å². The first-order valence-electron chi connectivity index (χ1n) is 8.24. The Kier molecular flexibility index (Phi) is 7.79. The number of carbonyl (C=O) groups is 2. The number of aryl methyl sites for hydroxylation is 1. The highest BCUT2D eigenvalue weighted by molar-refractivity contribution is 9.11. The predicted molar refractivity (Wildman–Crippen MR) is 112 cm³/mol. The third-order valence-corrected chi connectivity index (χ3v) is 4.85. The summed E-state index contributed by atoms with van der Waals surface area (Å²) in [5.41, 5.74) is 2.58. The van der Waals surface area contributed by atoms with Gasteiger partial charge in [-0.05, 0) is 87.2 Å². The van der Waals surface area contributed by atoms with Gasteiger partial charge < -0.3 is 19.4 Å². The number of aldehydes is 1. The smallest absolute Gasteiger partial charge is 0.374 e. The molecule has 0 fully saturated rings. The van der Waals surface area contributed by atoms with Crippen molar-refractivity contribution in [1.29, 1.82) is 0 Å². The molecule has 2 aromatic carbocycles. The van der Waals surface area contributed by atoms with Crippen molar-refractivity contribution in [1.82, 2.24) is 0 Å². The normalized spacial score (nSPS) is 10.3. The van der Waals surface area contributed by atoms with Crippen LogP contribution in [0.2, 0.25) is 0 Å². The molecule has 8 heteroatoms. The van der Waals surface area contributed by atoms with Crippen LogP contribution in [0.1, 0.15) is 39.0 Å². The van der Waals surface area contributed by atoms with E-state index in [0.29, 0.717) is 33.0 Å². The van der Waals surface area contributed by atoms with E-state index in [1.165, 1.54) is 0 Å². The second-order valence-electron chi connectivity index (χ2n) is 5.79. The minimum atomic E-state index is -0.485. The molecule has 0 unspecified atom stereocenters. The molecule has 148 valence electrons. The highest BCUT2D eigenvalue weighted by atomic mass is 79.9. The number of aliphatic hydroxyl groups is 1. The molecule has 3 aromatic rings. The van der Waals surface area contributed by atoms with Crippen molar-refractivity contribution in [2.45, 2.75) is 20.5 Å². The molecular weight excluding hydrogens is 496 g/mol. The molecule has 3 rings (SSSR count). The van der Waals surface area contributed by atoms with Crippen LogP contribution in [-0.2, 0) is 11.3 Å². The quantitative estimate of drug-likeness (QED) is 0.370. The van der Waals surface area contributed by atoms with Crippen LogP contribution in [0.15, 0.2) is 43.7 Å². The van der Waals surface area contributed by atoms with Gasteiger partial charge in [0.05, 0.1) is 27.7 Å². The minimum Gasteiger partial charge on any atom is -0.506 e. The standard InChI is InChI=1S/C12H11BrO4.C8H7BrO2/c1-2-16-12(15)10-5-8-3-7(6-14)4-9(13)11(8)17-10;1-5-2-6(4-10)8(11)7(9)3-5/h3-5,14H,2,6H2,1H3;2-4,11H,1H3. The number of benzene rings is 2. The van der Waals surface area contributed by atoms with Gasteiger partial charge in [0.1, 0.15) is 11.3 Å². The Bertz CT molecular complexity index is 1010. The molecule has 0 aliphatic heterocycles. The molecule has 6 nitrogen and oxygen atoms in total. The van der Waals surface area contributed by atoms with E-state index in [0.717, 1.165) is 16.5 Å². The van der Waals surface area contributed by atoms with E-state index < -0.39 is 5.97 Å². The Hall–Kier alpha value is -2.16. The van der Waals surface area contributed by atoms with E-state index in [1.807, 2.05) is 6.92 Å². The van der Waals surface area contributed by atoms with Gasteiger partial charge in [-0.15, -0.1) is 0 Å². The van der Waals surface area contributed by atoms with Crippen LogP contribution in [0, 0.1) is 6.92 Å². The fraction of sp³-hybridized carbons (Fsp3) is 0.200. The molecule has 0 radical (unpaired) electrons. The average Bonchev–Trinajstić information content (AvgIpc) is 3.10. The summed E-state index contributed by atoms with van der Waals surface area (Å²) in [5, 5.41) is 19.1. The van der Waals surface area contributed by atoms with Gasteiger partial charge in [0.15, 0.2) is 6.29 Å². The summed E-state index contributed by atoms with van der Waals surface area (Å²) >= 11 is 6.46. The number of phenols is 1. The highest BCUT2D eigenvalue weighted by Gasteiger charge is 2.15. The third kappa shape index (κ3) is 5.21. The first-order valence-corrected chi connectivity index (χ1v) is 9.83. The number of carbonyl (C=O) groups excluding carboxylic acids is 2. The SMILES string of the molecule is CCOC(=O)c1cc2cc(CO)cc(Br)c2o1.Cc1cc(Br)c(O)c(C=O)c1. The zero-order valence-corrected chi connectivity index (χ0v) is 18.3. The number of esters is 1. The van der Waals surface area contributed by atoms with Crippen molar-refractivity contribution in [3.05, 3.63) is 61.7 Å². The van der Waals surface area contributed by atoms with Crippen molar-refractivity contribution < 1.29 is 29.0 Å². The number of phenolic OH excluding ortho intramolecular Hbond substituents is 1. The molecular formula is C20H18Br2O6. The monoisotopic (exact) mass is 512 g/mol. The lowest BCUT2D eigenvalue weighted by Gasteiger charge is -2.00. The van der Waals surface area contributed by atoms with Crippen molar-refractivity contribution in [3.8, 4) is 5.75 Å². The lowest BCUT2D eigenvalue weighted by Crippen LogP contribution is -2.02. The molecule has 0 amide bonds. The summed E-state index contributed by atoms with van der Waals surface area (Å²) in [6, 6.07) is 8.51. The Morgan fingerprint density at radius 3 is 2.50 bits per heavy atom. The molecule has 0 aliphatic rings. The molecule has 1 aromatic heterocycles. The van der Waals surface area contributed by atoms with E-state index in [4.69, 9.17) is 14.3 Å². The van der Waals surface area contributed by atoms with E-state index in [2.05, 4.69) is 31.9 Å². The Morgan fingerprint density at radius 2 is 1.89 bits per heavy atom. The number of aromatic hydroxyl groups is 1. The van der Waals surface area contributed by atoms with Gasteiger partial charge in [0, 0.05) is 5.39 Å². The topological polar surface area (TPSA) is 97.0 Å². The largest absolute Gasteiger partial charge is 0.506 e. The van der Waals surface area contributed by atoms with Gasteiger partial charge in [-0.1, -0.05) is 0 Å². The average molecular weight is 514 g/mol. The number of furan rings is 1. The fourth-order valence-corrected chi connectivity index (χ4v) is 3.61.